The number of rotatable bonds is 12. The second kappa shape index (κ2) is 11.9. The normalized spacial score (nSPS) is 19.1. The highest BCUT2D eigenvalue weighted by Crippen LogP contribution is 2.44. The van der Waals surface area contributed by atoms with E-state index in [4.69, 9.17) is 9.73 Å². The summed E-state index contributed by atoms with van der Waals surface area (Å²) in [5.74, 6) is 2.08. The Balaban J connectivity index is 1.50. The Morgan fingerprint density at radius 1 is 1.23 bits per heavy atom. The van der Waals surface area contributed by atoms with Crippen LogP contribution in [0.1, 0.15) is 76.6 Å². The van der Waals surface area contributed by atoms with Crippen LogP contribution in [0.2, 0.25) is 0 Å². The Kier molecular flexibility index (Phi) is 9.30. The fraction of sp³-hybridized carbons (Fsp3) is 0.864. The van der Waals surface area contributed by atoms with Crippen molar-refractivity contribution in [1.82, 2.24) is 25.4 Å². The molecule has 30 heavy (non-hydrogen) atoms. The summed E-state index contributed by atoms with van der Waals surface area (Å²) >= 11 is 1.71. The minimum atomic E-state index is 0.351. The topological polar surface area (TPSA) is 76.4 Å². The van der Waals surface area contributed by atoms with Gasteiger partial charge < -0.3 is 19.9 Å². The Labute approximate surface area is 186 Å². The van der Waals surface area contributed by atoms with Crippen molar-refractivity contribution in [3.63, 3.8) is 0 Å². The summed E-state index contributed by atoms with van der Waals surface area (Å²) in [6.07, 6.45) is 14.2. The quantitative estimate of drug-likeness (QED) is 0.225. The van der Waals surface area contributed by atoms with Gasteiger partial charge in [0.25, 0.3) is 0 Å². The fourth-order valence-corrected chi connectivity index (χ4v) is 5.24. The average Bonchev–Trinajstić information content (AvgIpc) is 3.39. The van der Waals surface area contributed by atoms with Gasteiger partial charge in [-0.15, -0.1) is 10.2 Å². The summed E-state index contributed by atoms with van der Waals surface area (Å²) in [5.41, 5.74) is 0.351. The third-order valence-electron chi connectivity index (χ3n) is 6.64. The molecule has 0 unspecified atom stereocenters. The van der Waals surface area contributed by atoms with Crippen LogP contribution in [-0.4, -0.2) is 60.3 Å². The molecule has 0 atom stereocenters. The van der Waals surface area contributed by atoms with Crippen LogP contribution in [0.25, 0.3) is 0 Å². The number of aliphatic imine (C=N–C) groups is 1. The summed E-state index contributed by atoms with van der Waals surface area (Å²) in [6, 6.07) is 0.593. The van der Waals surface area contributed by atoms with Gasteiger partial charge in [-0.2, -0.15) is 0 Å². The lowest BCUT2D eigenvalue weighted by Crippen LogP contribution is -2.40. The predicted molar refractivity (Wildman–Crippen MR) is 124 cm³/mol. The second-order valence-electron chi connectivity index (χ2n) is 8.73. The largest absolute Gasteiger partial charge is 0.385 e. The molecular formula is C22H40N6OS. The van der Waals surface area contributed by atoms with Crippen molar-refractivity contribution in [1.29, 1.82) is 0 Å². The highest BCUT2D eigenvalue weighted by molar-refractivity contribution is 7.98. The van der Waals surface area contributed by atoms with Crippen molar-refractivity contribution < 1.29 is 4.74 Å². The molecule has 2 saturated carbocycles. The maximum absolute atomic E-state index is 5.31. The van der Waals surface area contributed by atoms with Crippen LogP contribution in [-0.2, 0) is 11.2 Å². The third kappa shape index (κ3) is 6.13. The highest BCUT2D eigenvalue weighted by Gasteiger charge is 2.36. The van der Waals surface area contributed by atoms with E-state index in [-0.39, 0.29) is 0 Å². The van der Waals surface area contributed by atoms with Gasteiger partial charge in [0.1, 0.15) is 5.82 Å². The first-order valence-corrected chi connectivity index (χ1v) is 12.9. The van der Waals surface area contributed by atoms with Gasteiger partial charge in [-0.25, -0.2) is 0 Å². The SMILES string of the molecule is CCNC(=NCC1(CCOC)CCC1)NCCCc1nnc(SC)n1C1CCCC1. The van der Waals surface area contributed by atoms with Gasteiger partial charge in [-0.05, 0) is 57.1 Å². The molecule has 0 aliphatic heterocycles. The van der Waals surface area contributed by atoms with E-state index in [1.54, 1.807) is 18.9 Å². The Bertz CT molecular complexity index is 667. The number of ether oxygens (including phenoxy) is 1. The Morgan fingerprint density at radius 2 is 2.03 bits per heavy atom. The number of guanidine groups is 1. The minimum absolute atomic E-state index is 0.351. The lowest BCUT2D eigenvalue weighted by atomic mass is 9.67. The molecule has 0 amide bonds. The van der Waals surface area contributed by atoms with Gasteiger partial charge in [-0.1, -0.05) is 31.0 Å². The van der Waals surface area contributed by atoms with Crippen LogP contribution in [0.15, 0.2) is 10.1 Å². The van der Waals surface area contributed by atoms with E-state index in [1.807, 2.05) is 0 Å². The molecule has 0 spiro atoms. The van der Waals surface area contributed by atoms with Crippen molar-refractivity contribution in [2.75, 3.05) is 39.6 Å². The molecule has 1 heterocycles. The smallest absolute Gasteiger partial charge is 0.191 e. The van der Waals surface area contributed by atoms with Crippen LogP contribution in [0.3, 0.4) is 0 Å². The zero-order chi connectivity index (χ0) is 21.2. The highest BCUT2D eigenvalue weighted by atomic mass is 32.2. The molecule has 2 aliphatic carbocycles. The van der Waals surface area contributed by atoms with Gasteiger partial charge in [0.05, 0.1) is 0 Å². The lowest BCUT2D eigenvalue weighted by molar-refractivity contribution is 0.0778. The first kappa shape index (κ1) is 23.4. The molecule has 0 aromatic carbocycles. The summed E-state index contributed by atoms with van der Waals surface area (Å²) in [4.78, 5) is 4.91. The maximum atomic E-state index is 5.31. The first-order chi connectivity index (χ1) is 14.7. The Morgan fingerprint density at radius 3 is 2.67 bits per heavy atom. The molecular weight excluding hydrogens is 396 g/mol. The number of hydrogen-bond acceptors (Lipinski definition) is 5. The van der Waals surface area contributed by atoms with E-state index in [0.717, 1.165) is 62.4 Å². The predicted octanol–water partition coefficient (Wildman–Crippen LogP) is 3.81. The standard InChI is InChI=1S/C22H40N6OS/c1-4-23-20(25-17-22(12-8-13-22)14-16-29-2)24-15-7-11-19-26-27-21(30-3)28(19)18-9-5-6-10-18/h18H,4-17H2,1-3H3,(H2,23,24,25). The van der Waals surface area contributed by atoms with Gasteiger partial charge in [0, 0.05) is 45.8 Å². The van der Waals surface area contributed by atoms with E-state index in [2.05, 4.69) is 38.6 Å². The average molecular weight is 437 g/mol. The number of nitrogens with zero attached hydrogens (tertiary/aromatic N) is 4. The monoisotopic (exact) mass is 436 g/mol. The van der Waals surface area contributed by atoms with Crippen molar-refractivity contribution in [3.8, 4) is 0 Å². The van der Waals surface area contributed by atoms with Crippen molar-refractivity contribution in [2.45, 2.75) is 82.3 Å². The summed E-state index contributed by atoms with van der Waals surface area (Å²) in [5, 5.41) is 16.9. The molecule has 0 saturated heterocycles. The number of aryl methyl sites for hydroxylation is 1. The zero-order valence-corrected chi connectivity index (χ0v) is 19.9. The molecule has 8 heteroatoms. The van der Waals surface area contributed by atoms with E-state index < -0.39 is 0 Å². The number of nitrogens with one attached hydrogen (secondary N) is 2. The second-order valence-corrected chi connectivity index (χ2v) is 9.51. The molecule has 0 radical (unpaired) electrons. The van der Waals surface area contributed by atoms with Crippen LogP contribution < -0.4 is 10.6 Å². The van der Waals surface area contributed by atoms with Crippen molar-refractivity contribution in [2.24, 2.45) is 10.4 Å². The molecule has 0 bridgehead atoms. The van der Waals surface area contributed by atoms with Crippen LogP contribution in [0.4, 0.5) is 0 Å². The maximum Gasteiger partial charge on any atom is 0.191 e. The minimum Gasteiger partial charge on any atom is -0.385 e. The summed E-state index contributed by atoms with van der Waals surface area (Å²) in [6.45, 7) is 5.61. The number of methoxy groups -OCH3 is 1. The third-order valence-corrected chi connectivity index (χ3v) is 7.29. The molecule has 2 N–H and O–H groups in total. The number of hydrogen-bond donors (Lipinski definition) is 2. The number of aromatic nitrogens is 3. The van der Waals surface area contributed by atoms with Crippen molar-refractivity contribution in [3.05, 3.63) is 5.82 Å². The molecule has 7 nitrogen and oxygen atoms in total. The van der Waals surface area contributed by atoms with E-state index in [0.29, 0.717) is 11.5 Å². The Hall–Kier alpha value is -1.28. The van der Waals surface area contributed by atoms with E-state index in [1.165, 1.54) is 44.9 Å². The lowest BCUT2D eigenvalue weighted by Gasteiger charge is -2.40. The van der Waals surface area contributed by atoms with Gasteiger partial charge in [-0.3, -0.25) is 4.99 Å². The van der Waals surface area contributed by atoms with E-state index >= 15 is 0 Å². The molecule has 3 rings (SSSR count). The molecule has 1 aromatic rings. The van der Waals surface area contributed by atoms with Crippen LogP contribution in [0, 0.1) is 5.41 Å². The molecule has 1 aromatic heterocycles. The first-order valence-electron chi connectivity index (χ1n) is 11.7. The van der Waals surface area contributed by atoms with Crippen LogP contribution >= 0.6 is 11.8 Å². The summed E-state index contributed by atoms with van der Waals surface area (Å²) < 4.78 is 7.72. The number of thioether (sulfide) groups is 1. The van der Waals surface area contributed by atoms with Gasteiger partial charge in [0.2, 0.25) is 0 Å². The van der Waals surface area contributed by atoms with E-state index in [9.17, 15) is 0 Å². The fourth-order valence-electron chi connectivity index (χ4n) is 4.67. The zero-order valence-electron chi connectivity index (χ0n) is 19.1. The summed E-state index contributed by atoms with van der Waals surface area (Å²) in [7, 11) is 1.79. The molecule has 170 valence electrons. The molecule has 2 aliphatic rings. The van der Waals surface area contributed by atoms with Gasteiger partial charge >= 0.3 is 0 Å². The van der Waals surface area contributed by atoms with Crippen LogP contribution in [0.5, 0.6) is 0 Å². The van der Waals surface area contributed by atoms with Crippen molar-refractivity contribution >= 4 is 17.7 Å². The molecule has 2 fully saturated rings. The van der Waals surface area contributed by atoms with Gasteiger partial charge in [0.15, 0.2) is 11.1 Å².